The Labute approximate surface area is 147 Å². The van der Waals surface area contributed by atoms with Crippen molar-refractivity contribution in [3.63, 3.8) is 0 Å². The van der Waals surface area contributed by atoms with Crippen molar-refractivity contribution in [2.45, 2.75) is 6.42 Å². The molecule has 0 radical (unpaired) electrons. The van der Waals surface area contributed by atoms with E-state index in [-0.39, 0.29) is 17.4 Å². The lowest BCUT2D eigenvalue weighted by Crippen LogP contribution is -2.04. The summed E-state index contributed by atoms with van der Waals surface area (Å²) in [5.41, 5.74) is 14.8. The van der Waals surface area contributed by atoms with Crippen LogP contribution in [0.5, 0.6) is 5.88 Å². The molecule has 0 aliphatic heterocycles. The average Bonchev–Trinajstić information content (AvgIpc) is 2.96. The first-order valence-electron chi connectivity index (χ1n) is 7.79. The Hall–Kier alpha value is -3.30. The van der Waals surface area contributed by atoms with Gasteiger partial charge in [-0.15, -0.1) is 5.10 Å². The average molecular weight is 361 g/mol. The third-order valence-electron chi connectivity index (χ3n) is 3.79. The van der Waals surface area contributed by atoms with Gasteiger partial charge >= 0.3 is 0 Å². The Morgan fingerprint density at radius 3 is 2.92 bits per heavy atom. The number of nitrogens with one attached hydrogen (secondary N) is 2. The number of fused-ring (bicyclic) bond motifs is 1. The monoisotopic (exact) mass is 361 g/mol. The molecule has 0 saturated heterocycles. The third-order valence-corrected chi connectivity index (χ3v) is 3.79. The van der Waals surface area contributed by atoms with Gasteiger partial charge < -0.3 is 15.8 Å². The highest BCUT2D eigenvalue weighted by molar-refractivity contribution is 5.87. The molecule has 0 atom stereocenters. The number of hydrogen-bond donors (Lipinski definition) is 3. The number of nitrogen functional groups attached to an aromatic ring is 1. The molecular weight excluding hydrogens is 344 g/mol. The molecule has 2 heterocycles. The van der Waals surface area contributed by atoms with Crippen molar-refractivity contribution in [1.29, 1.82) is 5.53 Å². The lowest BCUT2D eigenvalue weighted by molar-refractivity contribution is 0.400. The minimum atomic E-state index is -0.534. The molecule has 0 spiro atoms. The van der Waals surface area contributed by atoms with E-state index in [4.69, 9.17) is 16.0 Å². The number of hydrogen-bond acceptors (Lipinski definition) is 7. The van der Waals surface area contributed by atoms with Crippen molar-refractivity contribution in [2.75, 3.05) is 31.4 Å². The minimum Gasteiger partial charge on any atom is -0.479 e. The summed E-state index contributed by atoms with van der Waals surface area (Å²) in [7, 11) is 1.41. The van der Waals surface area contributed by atoms with E-state index >= 15 is 0 Å². The van der Waals surface area contributed by atoms with Crippen LogP contribution in [0.2, 0.25) is 0 Å². The summed E-state index contributed by atoms with van der Waals surface area (Å²) < 4.78 is 33.5. The zero-order valence-corrected chi connectivity index (χ0v) is 14.0. The standard InChI is InChI=1S/C16H17F2N7O/c1-26-15-14-13(10(18)8-25(14)24-16(19)22-15)9-3-4-11(23-20)12(7-9)21-6-2-5-17/h3-4,7-8,20-21H,2,5-6H2,1H3,(H2,19,24). The molecule has 0 aliphatic rings. The van der Waals surface area contributed by atoms with Crippen molar-refractivity contribution in [2.24, 2.45) is 5.11 Å². The normalized spacial score (nSPS) is 10.9. The van der Waals surface area contributed by atoms with Crippen LogP contribution < -0.4 is 15.8 Å². The topological polar surface area (TPSA) is 114 Å². The van der Waals surface area contributed by atoms with Gasteiger partial charge in [0.25, 0.3) is 0 Å². The molecule has 8 nitrogen and oxygen atoms in total. The lowest BCUT2D eigenvalue weighted by atomic mass is 10.0. The van der Waals surface area contributed by atoms with Crippen LogP contribution >= 0.6 is 0 Å². The van der Waals surface area contributed by atoms with E-state index in [1.54, 1.807) is 18.2 Å². The van der Waals surface area contributed by atoms with Crippen molar-refractivity contribution in [1.82, 2.24) is 14.6 Å². The van der Waals surface area contributed by atoms with E-state index in [9.17, 15) is 8.78 Å². The highest BCUT2D eigenvalue weighted by atomic mass is 19.1. The third kappa shape index (κ3) is 3.13. The first-order chi connectivity index (χ1) is 12.6. The van der Waals surface area contributed by atoms with Gasteiger partial charge in [0.2, 0.25) is 11.8 Å². The second-order valence-electron chi connectivity index (χ2n) is 5.44. The second-order valence-corrected chi connectivity index (χ2v) is 5.44. The maximum absolute atomic E-state index is 14.6. The summed E-state index contributed by atoms with van der Waals surface area (Å²) in [6.07, 6.45) is 1.50. The smallest absolute Gasteiger partial charge is 0.243 e. The van der Waals surface area contributed by atoms with E-state index in [0.29, 0.717) is 35.4 Å². The van der Waals surface area contributed by atoms with Crippen LogP contribution in [0.3, 0.4) is 0 Å². The fourth-order valence-corrected chi connectivity index (χ4v) is 2.68. The van der Waals surface area contributed by atoms with Crippen molar-refractivity contribution < 1.29 is 13.5 Å². The van der Waals surface area contributed by atoms with E-state index in [2.05, 4.69) is 20.5 Å². The Bertz CT molecular complexity index is 957. The Morgan fingerprint density at radius 1 is 1.42 bits per heavy atom. The number of benzene rings is 1. The molecule has 0 fully saturated rings. The van der Waals surface area contributed by atoms with E-state index in [1.165, 1.54) is 17.8 Å². The fourth-order valence-electron chi connectivity index (χ4n) is 2.68. The molecule has 0 saturated carbocycles. The number of rotatable bonds is 7. The predicted octanol–water partition coefficient (Wildman–Crippen LogP) is 3.56. The summed E-state index contributed by atoms with van der Waals surface area (Å²) in [6, 6.07) is 4.84. The minimum absolute atomic E-state index is 0.0483. The van der Waals surface area contributed by atoms with Gasteiger partial charge in [-0.1, -0.05) is 6.07 Å². The Morgan fingerprint density at radius 2 is 2.23 bits per heavy atom. The van der Waals surface area contributed by atoms with Crippen molar-refractivity contribution >= 4 is 22.8 Å². The number of halogens is 2. The van der Waals surface area contributed by atoms with Gasteiger partial charge in [-0.25, -0.2) is 14.4 Å². The molecule has 0 aliphatic carbocycles. The van der Waals surface area contributed by atoms with Crippen LogP contribution in [0.4, 0.5) is 26.1 Å². The van der Waals surface area contributed by atoms with Gasteiger partial charge in [-0.2, -0.15) is 10.1 Å². The maximum Gasteiger partial charge on any atom is 0.243 e. The number of alkyl halides is 1. The van der Waals surface area contributed by atoms with Gasteiger partial charge in [0.05, 0.1) is 31.2 Å². The molecule has 136 valence electrons. The largest absolute Gasteiger partial charge is 0.479 e. The molecule has 1 aromatic carbocycles. The van der Waals surface area contributed by atoms with E-state index < -0.39 is 12.5 Å². The number of anilines is 2. The Balaban J connectivity index is 2.15. The highest BCUT2D eigenvalue weighted by Crippen LogP contribution is 2.37. The lowest BCUT2D eigenvalue weighted by Gasteiger charge is -2.11. The summed E-state index contributed by atoms with van der Waals surface area (Å²) in [6.45, 7) is -0.0980. The van der Waals surface area contributed by atoms with Crippen molar-refractivity contribution in [3.8, 4) is 17.0 Å². The summed E-state index contributed by atoms with van der Waals surface area (Å²) in [5, 5.41) is 10.4. The summed E-state index contributed by atoms with van der Waals surface area (Å²) in [4.78, 5) is 3.99. The molecule has 3 aromatic rings. The molecule has 3 rings (SSSR count). The zero-order chi connectivity index (χ0) is 18.7. The van der Waals surface area contributed by atoms with Crippen molar-refractivity contribution in [3.05, 3.63) is 30.2 Å². The van der Waals surface area contributed by atoms with Gasteiger partial charge in [0.15, 0.2) is 5.82 Å². The number of aromatic nitrogens is 3. The van der Waals surface area contributed by atoms with Gasteiger partial charge in [-0.05, 0) is 24.1 Å². The van der Waals surface area contributed by atoms with E-state index in [1.807, 2.05) is 0 Å². The van der Waals surface area contributed by atoms with Gasteiger partial charge in [-0.3, -0.25) is 4.39 Å². The molecule has 0 unspecified atom stereocenters. The second kappa shape index (κ2) is 7.30. The van der Waals surface area contributed by atoms with Crippen LogP contribution in [0.25, 0.3) is 16.6 Å². The molecule has 0 bridgehead atoms. The summed E-state index contributed by atoms with van der Waals surface area (Å²) in [5.74, 6) is -0.445. The maximum atomic E-state index is 14.6. The Kier molecular flexibility index (Phi) is 4.92. The molecule has 4 N–H and O–H groups in total. The number of nitrogens with two attached hydrogens (primary N) is 1. The van der Waals surface area contributed by atoms with Crippen LogP contribution in [-0.2, 0) is 0 Å². The highest BCUT2D eigenvalue weighted by Gasteiger charge is 2.20. The van der Waals surface area contributed by atoms with Gasteiger partial charge in [0.1, 0.15) is 11.2 Å². The SMILES string of the molecule is COc1nc(N)nn2cc(F)c(-c3ccc(N=N)c(NCCCF)c3)c12. The van der Waals surface area contributed by atoms with Crippen LogP contribution in [-0.4, -0.2) is 34.9 Å². The quantitative estimate of drug-likeness (QED) is 0.440. The first kappa shape index (κ1) is 17.5. The summed E-state index contributed by atoms with van der Waals surface area (Å²) >= 11 is 0. The number of ether oxygens (including phenoxy) is 1. The van der Waals surface area contributed by atoms with Crippen LogP contribution in [0, 0.1) is 11.3 Å². The fraction of sp³-hybridized carbons (Fsp3) is 0.250. The predicted molar refractivity (Wildman–Crippen MR) is 93.2 cm³/mol. The zero-order valence-electron chi connectivity index (χ0n) is 14.0. The molecular formula is C16H17F2N7O. The van der Waals surface area contributed by atoms with E-state index in [0.717, 1.165) is 0 Å². The van der Waals surface area contributed by atoms with Gasteiger partial charge in [0, 0.05) is 6.54 Å². The molecule has 2 aromatic heterocycles. The van der Waals surface area contributed by atoms with Crippen LogP contribution in [0.1, 0.15) is 6.42 Å². The number of methoxy groups -OCH3 is 1. The number of nitrogens with zero attached hydrogens (tertiary/aromatic N) is 4. The molecule has 10 heteroatoms. The first-order valence-corrected chi connectivity index (χ1v) is 7.79. The molecule has 26 heavy (non-hydrogen) atoms. The molecule has 0 amide bonds. The van der Waals surface area contributed by atoms with Crippen LogP contribution in [0.15, 0.2) is 29.5 Å².